The second-order valence-electron chi connectivity index (χ2n) is 5.10. The van der Waals surface area contributed by atoms with Crippen molar-refractivity contribution in [2.45, 2.75) is 44.2 Å². The van der Waals surface area contributed by atoms with Crippen molar-refractivity contribution in [2.75, 3.05) is 19.6 Å². The summed E-state index contributed by atoms with van der Waals surface area (Å²) >= 11 is 0. The van der Waals surface area contributed by atoms with E-state index >= 15 is 0 Å². The quantitative estimate of drug-likeness (QED) is 0.810. The molecule has 2 saturated heterocycles. The third kappa shape index (κ3) is 2.79. The molecule has 2 bridgehead atoms. The molecule has 0 spiro atoms. The van der Waals surface area contributed by atoms with Crippen LogP contribution < -0.4 is 5.32 Å². The Labute approximate surface area is 105 Å². The van der Waals surface area contributed by atoms with Gasteiger partial charge in [-0.2, -0.15) is 0 Å². The summed E-state index contributed by atoms with van der Waals surface area (Å²) in [5.74, 6) is 1.04. The molecule has 3 fully saturated rings. The van der Waals surface area contributed by atoms with Gasteiger partial charge in [0.15, 0.2) is 0 Å². The molecule has 2 atom stereocenters. The zero-order chi connectivity index (χ0) is 8.67. The van der Waals surface area contributed by atoms with Gasteiger partial charge in [-0.15, -0.1) is 24.8 Å². The van der Waals surface area contributed by atoms with E-state index in [0.29, 0.717) is 0 Å². The van der Waals surface area contributed by atoms with E-state index in [2.05, 4.69) is 10.2 Å². The topological polar surface area (TPSA) is 15.3 Å². The maximum absolute atomic E-state index is 3.57. The number of hydrogen-bond donors (Lipinski definition) is 1. The number of hydrogen-bond acceptors (Lipinski definition) is 2. The van der Waals surface area contributed by atoms with Crippen LogP contribution in [0.1, 0.15) is 32.1 Å². The van der Waals surface area contributed by atoms with Gasteiger partial charge in [-0.3, -0.25) is 4.90 Å². The van der Waals surface area contributed by atoms with Crippen molar-refractivity contribution in [1.29, 1.82) is 0 Å². The summed E-state index contributed by atoms with van der Waals surface area (Å²) < 4.78 is 0. The van der Waals surface area contributed by atoms with Gasteiger partial charge in [0.1, 0.15) is 0 Å². The van der Waals surface area contributed by atoms with Gasteiger partial charge in [-0.25, -0.2) is 0 Å². The Morgan fingerprint density at radius 1 is 1.13 bits per heavy atom. The molecular weight excluding hydrogens is 231 g/mol. The van der Waals surface area contributed by atoms with E-state index in [9.17, 15) is 0 Å². The Balaban J connectivity index is 0.000000562. The second-order valence-corrected chi connectivity index (χ2v) is 5.10. The molecule has 90 valence electrons. The molecule has 0 radical (unpaired) electrons. The standard InChI is InChI=1S/C11H20N2.2ClH/c1-2-4-9(3-1)7-13-8-10-5-11(13)6-12-10;;/h9-12H,1-8H2;2*1H/t10-,11-;;/m1../s1. The predicted molar refractivity (Wildman–Crippen MR) is 68.2 cm³/mol. The Hall–Kier alpha value is 0.500. The van der Waals surface area contributed by atoms with Gasteiger partial charge in [0, 0.05) is 31.7 Å². The van der Waals surface area contributed by atoms with E-state index in [0.717, 1.165) is 18.0 Å². The monoisotopic (exact) mass is 252 g/mol. The molecule has 0 unspecified atom stereocenters. The molecule has 2 nitrogen and oxygen atoms in total. The zero-order valence-corrected chi connectivity index (χ0v) is 10.8. The van der Waals surface area contributed by atoms with Crippen molar-refractivity contribution in [1.82, 2.24) is 10.2 Å². The summed E-state index contributed by atoms with van der Waals surface area (Å²) in [4.78, 5) is 2.75. The van der Waals surface area contributed by atoms with Crippen molar-refractivity contribution < 1.29 is 0 Å². The van der Waals surface area contributed by atoms with Crippen LogP contribution >= 0.6 is 24.8 Å². The molecular formula is C11H22Cl2N2. The Kier molecular flexibility index (Phi) is 5.17. The highest BCUT2D eigenvalue weighted by Crippen LogP contribution is 2.30. The number of rotatable bonds is 2. The van der Waals surface area contributed by atoms with Crippen molar-refractivity contribution in [3.05, 3.63) is 0 Å². The van der Waals surface area contributed by atoms with Crippen LogP contribution in [-0.4, -0.2) is 36.6 Å². The fourth-order valence-corrected chi connectivity index (χ4v) is 3.40. The molecule has 2 aliphatic heterocycles. The van der Waals surface area contributed by atoms with Crippen LogP contribution in [0, 0.1) is 5.92 Å². The molecule has 0 aromatic rings. The first-order valence-electron chi connectivity index (χ1n) is 5.89. The highest BCUT2D eigenvalue weighted by atomic mass is 35.5. The molecule has 1 saturated carbocycles. The van der Waals surface area contributed by atoms with Gasteiger partial charge in [-0.1, -0.05) is 12.8 Å². The molecule has 1 N–H and O–H groups in total. The molecule has 0 amide bonds. The molecule has 15 heavy (non-hydrogen) atoms. The Morgan fingerprint density at radius 2 is 1.87 bits per heavy atom. The molecule has 2 heterocycles. The van der Waals surface area contributed by atoms with Crippen LogP contribution in [0.15, 0.2) is 0 Å². The van der Waals surface area contributed by atoms with Crippen molar-refractivity contribution >= 4 is 24.8 Å². The summed E-state index contributed by atoms with van der Waals surface area (Å²) in [7, 11) is 0. The van der Waals surface area contributed by atoms with Crippen molar-refractivity contribution in [2.24, 2.45) is 5.92 Å². The fraction of sp³-hybridized carbons (Fsp3) is 1.00. The van der Waals surface area contributed by atoms with E-state index < -0.39 is 0 Å². The van der Waals surface area contributed by atoms with E-state index in [1.165, 1.54) is 51.7 Å². The summed E-state index contributed by atoms with van der Waals surface area (Å²) in [5.41, 5.74) is 0. The third-order valence-electron chi connectivity index (χ3n) is 4.14. The van der Waals surface area contributed by atoms with E-state index in [1.54, 1.807) is 0 Å². The van der Waals surface area contributed by atoms with Gasteiger partial charge in [0.2, 0.25) is 0 Å². The van der Waals surface area contributed by atoms with Crippen LogP contribution in [0.2, 0.25) is 0 Å². The van der Waals surface area contributed by atoms with Crippen LogP contribution in [0.3, 0.4) is 0 Å². The highest BCUT2D eigenvalue weighted by molar-refractivity contribution is 5.85. The molecule has 3 rings (SSSR count). The van der Waals surface area contributed by atoms with Crippen molar-refractivity contribution in [3.63, 3.8) is 0 Å². The smallest absolute Gasteiger partial charge is 0.0236 e. The van der Waals surface area contributed by atoms with E-state index in [1.807, 2.05) is 0 Å². The molecule has 4 heteroatoms. The Morgan fingerprint density at radius 3 is 2.40 bits per heavy atom. The number of nitrogens with one attached hydrogen (secondary N) is 1. The number of nitrogens with zero attached hydrogens (tertiary/aromatic N) is 1. The summed E-state index contributed by atoms with van der Waals surface area (Å²) in [5, 5.41) is 3.57. The van der Waals surface area contributed by atoms with Gasteiger partial charge in [-0.05, 0) is 25.2 Å². The Bertz CT molecular complexity index is 195. The van der Waals surface area contributed by atoms with Crippen molar-refractivity contribution in [3.8, 4) is 0 Å². The summed E-state index contributed by atoms with van der Waals surface area (Å²) in [6.07, 6.45) is 7.41. The van der Waals surface area contributed by atoms with E-state index in [4.69, 9.17) is 0 Å². The van der Waals surface area contributed by atoms with Crippen LogP contribution in [-0.2, 0) is 0 Å². The lowest BCUT2D eigenvalue weighted by atomic mass is 10.1. The summed E-state index contributed by atoms with van der Waals surface area (Å²) in [6, 6.07) is 1.73. The minimum atomic E-state index is 0. The largest absolute Gasteiger partial charge is 0.311 e. The average molecular weight is 253 g/mol. The fourth-order valence-electron chi connectivity index (χ4n) is 3.40. The van der Waals surface area contributed by atoms with Gasteiger partial charge >= 0.3 is 0 Å². The van der Waals surface area contributed by atoms with Crippen LogP contribution in [0.25, 0.3) is 0 Å². The number of halogens is 2. The minimum Gasteiger partial charge on any atom is -0.311 e. The lowest BCUT2D eigenvalue weighted by molar-refractivity contribution is 0.193. The number of piperazine rings is 1. The summed E-state index contributed by atoms with van der Waals surface area (Å²) in [6.45, 7) is 4.00. The second kappa shape index (κ2) is 5.72. The lowest BCUT2D eigenvalue weighted by Gasteiger charge is -2.29. The molecule has 3 aliphatic rings. The number of fused-ring (bicyclic) bond motifs is 2. The van der Waals surface area contributed by atoms with Gasteiger partial charge < -0.3 is 5.32 Å². The van der Waals surface area contributed by atoms with Crippen LogP contribution in [0.4, 0.5) is 0 Å². The molecule has 0 aromatic heterocycles. The predicted octanol–water partition coefficient (Wildman–Crippen LogP) is 2.07. The zero-order valence-electron chi connectivity index (χ0n) is 9.15. The normalized spacial score (nSPS) is 35.2. The first kappa shape index (κ1) is 13.6. The first-order valence-corrected chi connectivity index (χ1v) is 5.89. The molecule has 0 aromatic carbocycles. The van der Waals surface area contributed by atoms with Gasteiger partial charge in [0.05, 0.1) is 0 Å². The minimum absolute atomic E-state index is 0. The van der Waals surface area contributed by atoms with Gasteiger partial charge in [0.25, 0.3) is 0 Å². The first-order chi connectivity index (χ1) is 6.42. The van der Waals surface area contributed by atoms with Crippen LogP contribution in [0.5, 0.6) is 0 Å². The third-order valence-corrected chi connectivity index (χ3v) is 4.14. The average Bonchev–Trinajstić information content (AvgIpc) is 2.77. The molecule has 1 aliphatic carbocycles. The number of likely N-dealkylation sites (tertiary alicyclic amines) is 1. The SMILES string of the molecule is C1CCC(CN2C[C@H]3C[C@@H]2CN3)C1.Cl.Cl. The van der Waals surface area contributed by atoms with E-state index in [-0.39, 0.29) is 24.8 Å². The highest BCUT2D eigenvalue weighted by Gasteiger charge is 2.38. The maximum atomic E-state index is 3.57. The lowest BCUT2D eigenvalue weighted by Crippen LogP contribution is -2.45. The maximum Gasteiger partial charge on any atom is 0.0236 e.